The summed E-state index contributed by atoms with van der Waals surface area (Å²) in [6, 6.07) is 0. The highest BCUT2D eigenvalue weighted by atomic mass is 32.1. The van der Waals surface area contributed by atoms with E-state index in [0.29, 0.717) is 10.0 Å². The zero-order valence-corrected chi connectivity index (χ0v) is 11.6. The van der Waals surface area contributed by atoms with Gasteiger partial charge in [0.05, 0.1) is 11.1 Å². The lowest BCUT2D eigenvalue weighted by Crippen LogP contribution is -2.27. The van der Waals surface area contributed by atoms with Crippen molar-refractivity contribution in [2.75, 3.05) is 19.0 Å². The first-order valence-corrected chi connectivity index (χ1v) is 6.11. The molecule has 1 heterocycles. The van der Waals surface area contributed by atoms with E-state index in [0.717, 1.165) is 11.3 Å². The maximum atomic E-state index is 11.5. The Morgan fingerprint density at radius 3 is 2.67 bits per heavy atom. The third kappa shape index (κ3) is 4.80. The smallest absolute Gasteiger partial charge is 0.413 e. The van der Waals surface area contributed by atoms with Crippen LogP contribution in [0.2, 0.25) is 0 Å². The van der Waals surface area contributed by atoms with Gasteiger partial charge in [0.25, 0.3) is 0 Å². The van der Waals surface area contributed by atoms with Crippen molar-refractivity contribution in [3.8, 4) is 0 Å². The highest BCUT2D eigenvalue weighted by Crippen LogP contribution is 2.19. The molecule has 0 aliphatic rings. The quantitative estimate of drug-likeness (QED) is 0.851. The number of nitrogens with one attached hydrogen (secondary N) is 1. The number of methoxy groups -OCH3 is 1. The van der Waals surface area contributed by atoms with Crippen LogP contribution in [0.15, 0.2) is 6.20 Å². The van der Waals surface area contributed by atoms with Gasteiger partial charge in [-0.2, -0.15) is 0 Å². The van der Waals surface area contributed by atoms with Gasteiger partial charge in [-0.1, -0.05) is 11.3 Å². The van der Waals surface area contributed by atoms with E-state index in [9.17, 15) is 9.59 Å². The first-order chi connectivity index (χ1) is 8.31. The number of nitrogens with zero attached hydrogens (tertiary/aromatic N) is 1. The van der Waals surface area contributed by atoms with Gasteiger partial charge in [0, 0.05) is 7.11 Å². The van der Waals surface area contributed by atoms with Gasteiger partial charge in [-0.25, -0.2) is 9.78 Å². The number of aromatic nitrogens is 1. The molecule has 0 saturated carbocycles. The Bertz CT molecular complexity index is 436. The second-order valence-corrected chi connectivity index (χ2v) is 5.54. The third-order valence-electron chi connectivity index (χ3n) is 1.66. The average molecular weight is 272 g/mol. The SMILES string of the molecule is COCC(=O)c1cnc(NC(=O)OC(C)(C)C)s1. The minimum Gasteiger partial charge on any atom is -0.444 e. The number of anilines is 1. The molecule has 0 saturated heterocycles. The van der Waals surface area contributed by atoms with E-state index in [2.05, 4.69) is 10.3 Å². The predicted molar refractivity (Wildman–Crippen MR) is 68.2 cm³/mol. The Balaban J connectivity index is 2.59. The number of rotatable bonds is 4. The number of hydrogen-bond acceptors (Lipinski definition) is 6. The lowest BCUT2D eigenvalue weighted by molar-refractivity contribution is 0.0635. The highest BCUT2D eigenvalue weighted by molar-refractivity contribution is 7.17. The largest absolute Gasteiger partial charge is 0.444 e. The van der Waals surface area contributed by atoms with E-state index in [-0.39, 0.29) is 12.4 Å². The predicted octanol–water partition coefficient (Wildman–Crippen LogP) is 2.32. The van der Waals surface area contributed by atoms with Crippen molar-refractivity contribution in [2.45, 2.75) is 26.4 Å². The molecule has 0 aliphatic heterocycles. The van der Waals surface area contributed by atoms with Gasteiger partial charge < -0.3 is 9.47 Å². The van der Waals surface area contributed by atoms with Crippen molar-refractivity contribution in [3.05, 3.63) is 11.1 Å². The van der Waals surface area contributed by atoms with E-state index < -0.39 is 11.7 Å². The molecule has 1 rings (SSSR count). The molecule has 0 unspecified atom stereocenters. The summed E-state index contributed by atoms with van der Waals surface area (Å²) in [5, 5.41) is 2.79. The maximum Gasteiger partial charge on any atom is 0.413 e. The normalized spacial score (nSPS) is 11.1. The van der Waals surface area contributed by atoms with Crippen LogP contribution in [0.5, 0.6) is 0 Å². The molecule has 1 aromatic heterocycles. The van der Waals surface area contributed by atoms with E-state index in [1.54, 1.807) is 20.8 Å². The molecule has 0 atom stereocenters. The van der Waals surface area contributed by atoms with Gasteiger partial charge in [0.15, 0.2) is 10.9 Å². The van der Waals surface area contributed by atoms with Crippen LogP contribution in [-0.2, 0) is 9.47 Å². The number of ketones is 1. The maximum absolute atomic E-state index is 11.5. The lowest BCUT2D eigenvalue weighted by Gasteiger charge is -2.18. The summed E-state index contributed by atoms with van der Waals surface area (Å²) in [5.74, 6) is -0.174. The Morgan fingerprint density at radius 1 is 1.44 bits per heavy atom. The van der Waals surface area contributed by atoms with Crippen LogP contribution in [0.1, 0.15) is 30.4 Å². The van der Waals surface area contributed by atoms with Gasteiger partial charge in [-0.15, -0.1) is 0 Å². The Kier molecular flexibility index (Phi) is 4.80. The summed E-state index contributed by atoms with van der Waals surface area (Å²) < 4.78 is 9.80. The van der Waals surface area contributed by atoms with Crippen molar-refractivity contribution in [1.29, 1.82) is 0 Å². The molecular formula is C11H16N2O4S. The summed E-state index contributed by atoms with van der Waals surface area (Å²) >= 11 is 1.08. The lowest BCUT2D eigenvalue weighted by atomic mass is 10.2. The number of carbonyl (C=O) groups excluding carboxylic acids is 2. The van der Waals surface area contributed by atoms with Gasteiger partial charge in [-0.3, -0.25) is 10.1 Å². The van der Waals surface area contributed by atoms with Crippen LogP contribution in [0.3, 0.4) is 0 Å². The number of Topliss-reactive ketones (excluding diaryl/α,β-unsaturated/α-hetero) is 1. The summed E-state index contributed by atoms with van der Waals surface area (Å²) in [4.78, 5) is 27.3. The van der Waals surface area contributed by atoms with E-state index in [4.69, 9.17) is 9.47 Å². The molecule has 0 spiro atoms. The van der Waals surface area contributed by atoms with Crippen molar-refractivity contribution < 1.29 is 19.1 Å². The fourth-order valence-corrected chi connectivity index (χ4v) is 1.78. The van der Waals surface area contributed by atoms with Crippen LogP contribution in [0, 0.1) is 0 Å². The Morgan fingerprint density at radius 2 is 2.11 bits per heavy atom. The summed E-state index contributed by atoms with van der Waals surface area (Å²) in [7, 11) is 1.44. The van der Waals surface area contributed by atoms with Gasteiger partial charge >= 0.3 is 6.09 Å². The molecule has 1 aromatic rings. The van der Waals surface area contributed by atoms with Crippen molar-refractivity contribution >= 4 is 28.3 Å². The zero-order chi connectivity index (χ0) is 13.8. The van der Waals surface area contributed by atoms with E-state index >= 15 is 0 Å². The minimum absolute atomic E-state index is 0.00588. The number of hydrogen-bond donors (Lipinski definition) is 1. The van der Waals surface area contributed by atoms with Gasteiger partial charge in [0.2, 0.25) is 0 Å². The van der Waals surface area contributed by atoms with Crippen molar-refractivity contribution in [3.63, 3.8) is 0 Å². The monoisotopic (exact) mass is 272 g/mol. The average Bonchev–Trinajstić information content (AvgIpc) is 2.63. The van der Waals surface area contributed by atoms with Crippen LogP contribution < -0.4 is 5.32 Å². The molecule has 18 heavy (non-hydrogen) atoms. The molecule has 0 fully saturated rings. The van der Waals surface area contributed by atoms with E-state index in [1.165, 1.54) is 13.3 Å². The number of thiazole rings is 1. The summed E-state index contributed by atoms with van der Waals surface area (Å²) in [6.07, 6.45) is 0.807. The standard InChI is InChI=1S/C11H16N2O4S/c1-11(2,3)17-10(15)13-9-12-5-8(18-9)7(14)6-16-4/h5H,6H2,1-4H3,(H,12,13,15). The second-order valence-electron chi connectivity index (χ2n) is 4.51. The molecule has 1 amide bonds. The molecule has 0 aliphatic carbocycles. The van der Waals surface area contributed by atoms with Crippen LogP contribution in [0.4, 0.5) is 9.93 Å². The number of carbonyl (C=O) groups is 2. The zero-order valence-electron chi connectivity index (χ0n) is 10.8. The third-order valence-corrected chi connectivity index (χ3v) is 2.62. The van der Waals surface area contributed by atoms with E-state index in [1.807, 2.05) is 0 Å². The number of ether oxygens (including phenoxy) is 2. The van der Waals surface area contributed by atoms with Gasteiger partial charge in [0.1, 0.15) is 12.2 Å². The Labute approximate surface area is 109 Å². The van der Waals surface area contributed by atoms with Crippen LogP contribution >= 0.6 is 11.3 Å². The fourth-order valence-electron chi connectivity index (χ4n) is 1.05. The van der Waals surface area contributed by atoms with Crippen LogP contribution in [0.25, 0.3) is 0 Å². The van der Waals surface area contributed by atoms with Crippen molar-refractivity contribution in [1.82, 2.24) is 4.98 Å². The molecule has 0 radical (unpaired) electrons. The number of amides is 1. The molecule has 7 heteroatoms. The molecule has 6 nitrogen and oxygen atoms in total. The second kappa shape index (κ2) is 5.92. The molecule has 1 N–H and O–H groups in total. The molecule has 0 aromatic carbocycles. The topological polar surface area (TPSA) is 77.5 Å². The Hall–Kier alpha value is -1.47. The van der Waals surface area contributed by atoms with Crippen LogP contribution in [-0.4, -0.2) is 36.2 Å². The molecule has 0 bridgehead atoms. The fraction of sp³-hybridized carbons (Fsp3) is 0.545. The highest BCUT2D eigenvalue weighted by Gasteiger charge is 2.18. The summed E-state index contributed by atoms with van der Waals surface area (Å²) in [5.41, 5.74) is -0.573. The summed E-state index contributed by atoms with van der Waals surface area (Å²) in [6.45, 7) is 5.29. The molecular weight excluding hydrogens is 256 g/mol. The first-order valence-electron chi connectivity index (χ1n) is 5.30. The minimum atomic E-state index is -0.595. The first kappa shape index (κ1) is 14.6. The van der Waals surface area contributed by atoms with Gasteiger partial charge in [-0.05, 0) is 20.8 Å². The molecule has 100 valence electrons. The van der Waals surface area contributed by atoms with Crippen molar-refractivity contribution in [2.24, 2.45) is 0 Å².